The van der Waals surface area contributed by atoms with Crippen molar-refractivity contribution < 1.29 is 9.53 Å². The number of anilines is 1. The Labute approximate surface area is 148 Å². The Morgan fingerprint density at radius 1 is 1.38 bits per heavy atom. The standard InChI is InChI=1S/C18H15ClN2O2S/c1-2-21(18-20-13-5-3-4-6-16(13)24-18)17(22)15-10-11-9-12(19)7-8-14(11)23-15/h3-9,15H,2,10H2,1H3. The Morgan fingerprint density at radius 2 is 2.21 bits per heavy atom. The van der Waals surface area contributed by atoms with Gasteiger partial charge in [0, 0.05) is 18.0 Å². The predicted molar refractivity (Wildman–Crippen MR) is 97.2 cm³/mol. The van der Waals surface area contributed by atoms with Crippen LogP contribution in [0.4, 0.5) is 5.13 Å². The molecule has 1 aliphatic rings. The van der Waals surface area contributed by atoms with Crippen molar-refractivity contribution in [3.63, 3.8) is 0 Å². The van der Waals surface area contributed by atoms with Gasteiger partial charge in [-0.15, -0.1) is 0 Å². The highest BCUT2D eigenvalue weighted by molar-refractivity contribution is 7.22. The van der Waals surface area contributed by atoms with Crippen molar-refractivity contribution in [2.45, 2.75) is 19.4 Å². The van der Waals surface area contributed by atoms with E-state index in [1.54, 1.807) is 11.0 Å². The largest absolute Gasteiger partial charge is 0.480 e. The molecular formula is C18H15ClN2O2S. The number of ether oxygens (including phenoxy) is 1. The molecule has 2 heterocycles. The number of rotatable bonds is 3. The molecule has 1 aromatic heterocycles. The van der Waals surface area contributed by atoms with Gasteiger partial charge in [-0.1, -0.05) is 35.1 Å². The molecule has 122 valence electrons. The summed E-state index contributed by atoms with van der Waals surface area (Å²) in [7, 11) is 0. The lowest BCUT2D eigenvalue weighted by molar-refractivity contribution is -0.124. The van der Waals surface area contributed by atoms with Crippen molar-refractivity contribution in [1.82, 2.24) is 4.98 Å². The molecule has 0 saturated heterocycles. The number of benzene rings is 2. The average Bonchev–Trinajstić information content (AvgIpc) is 3.18. The van der Waals surface area contributed by atoms with E-state index in [-0.39, 0.29) is 5.91 Å². The van der Waals surface area contributed by atoms with Gasteiger partial charge in [0.15, 0.2) is 11.2 Å². The van der Waals surface area contributed by atoms with Gasteiger partial charge in [-0.2, -0.15) is 0 Å². The van der Waals surface area contributed by atoms with Crippen LogP contribution in [-0.4, -0.2) is 23.5 Å². The van der Waals surface area contributed by atoms with Crippen LogP contribution in [0, 0.1) is 0 Å². The first-order valence-electron chi connectivity index (χ1n) is 7.77. The molecule has 6 heteroatoms. The SMILES string of the molecule is CCN(C(=O)C1Cc2cc(Cl)ccc2O1)c1nc2ccccc2s1. The maximum absolute atomic E-state index is 12.9. The van der Waals surface area contributed by atoms with Gasteiger partial charge in [-0.05, 0) is 42.8 Å². The van der Waals surface area contributed by atoms with Crippen LogP contribution >= 0.6 is 22.9 Å². The Hall–Kier alpha value is -2.11. The zero-order chi connectivity index (χ0) is 16.7. The van der Waals surface area contributed by atoms with Crippen LogP contribution < -0.4 is 9.64 Å². The van der Waals surface area contributed by atoms with Crippen molar-refractivity contribution in [2.24, 2.45) is 0 Å². The van der Waals surface area contributed by atoms with E-state index in [1.165, 1.54) is 11.3 Å². The van der Waals surface area contributed by atoms with Crippen LogP contribution in [-0.2, 0) is 11.2 Å². The molecule has 24 heavy (non-hydrogen) atoms. The first-order valence-corrected chi connectivity index (χ1v) is 8.97. The molecular weight excluding hydrogens is 344 g/mol. The highest BCUT2D eigenvalue weighted by atomic mass is 35.5. The fourth-order valence-corrected chi connectivity index (χ4v) is 4.12. The number of para-hydroxylation sites is 1. The fraction of sp³-hybridized carbons (Fsp3) is 0.222. The number of carbonyl (C=O) groups excluding carboxylic acids is 1. The molecule has 1 amide bonds. The monoisotopic (exact) mass is 358 g/mol. The van der Waals surface area contributed by atoms with Crippen LogP contribution in [0.5, 0.6) is 5.75 Å². The summed E-state index contributed by atoms with van der Waals surface area (Å²) in [5.74, 6) is 0.669. The van der Waals surface area contributed by atoms with Crippen molar-refractivity contribution >= 4 is 44.2 Å². The molecule has 1 unspecified atom stereocenters. The molecule has 0 aliphatic carbocycles. The van der Waals surface area contributed by atoms with Gasteiger partial charge in [0.05, 0.1) is 10.2 Å². The Balaban J connectivity index is 1.60. The minimum absolute atomic E-state index is 0.0659. The van der Waals surface area contributed by atoms with E-state index in [4.69, 9.17) is 16.3 Å². The summed E-state index contributed by atoms with van der Waals surface area (Å²) in [6.07, 6.45) is 0.0151. The topological polar surface area (TPSA) is 42.4 Å². The summed E-state index contributed by atoms with van der Waals surface area (Å²) < 4.78 is 6.90. The fourth-order valence-electron chi connectivity index (χ4n) is 2.89. The normalized spacial score (nSPS) is 16.0. The van der Waals surface area contributed by atoms with E-state index in [2.05, 4.69) is 4.98 Å². The highest BCUT2D eigenvalue weighted by Crippen LogP contribution is 2.34. The molecule has 0 radical (unpaired) electrons. The van der Waals surface area contributed by atoms with Gasteiger partial charge in [0.2, 0.25) is 0 Å². The summed E-state index contributed by atoms with van der Waals surface area (Å²) in [5, 5.41) is 1.37. The summed E-state index contributed by atoms with van der Waals surface area (Å²) in [4.78, 5) is 19.2. The second-order valence-electron chi connectivity index (χ2n) is 5.61. The molecule has 4 rings (SSSR count). The molecule has 1 aliphatic heterocycles. The molecule has 4 nitrogen and oxygen atoms in total. The first-order chi connectivity index (χ1) is 11.7. The maximum Gasteiger partial charge on any atom is 0.270 e. The van der Waals surface area contributed by atoms with Crippen molar-refractivity contribution in [3.05, 3.63) is 53.1 Å². The second-order valence-corrected chi connectivity index (χ2v) is 7.05. The first kappa shape index (κ1) is 15.4. The average molecular weight is 359 g/mol. The third-order valence-electron chi connectivity index (χ3n) is 4.07. The van der Waals surface area contributed by atoms with E-state index in [9.17, 15) is 4.79 Å². The minimum atomic E-state index is -0.523. The third kappa shape index (κ3) is 2.64. The Morgan fingerprint density at radius 3 is 3.00 bits per heavy atom. The van der Waals surface area contributed by atoms with Crippen LogP contribution in [0.3, 0.4) is 0 Å². The maximum atomic E-state index is 12.9. The summed E-state index contributed by atoms with van der Waals surface area (Å²) >= 11 is 7.54. The zero-order valence-corrected chi connectivity index (χ0v) is 14.6. The molecule has 0 spiro atoms. The Kier molecular flexibility index (Phi) is 3.90. The quantitative estimate of drug-likeness (QED) is 0.700. The number of nitrogens with zero attached hydrogens (tertiary/aromatic N) is 2. The number of carbonyl (C=O) groups is 1. The summed E-state index contributed by atoms with van der Waals surface area (Å²) in [6.45, 7) is 2.50. The lowest BCUT2D eigenvalue weighted by atomic mass is 10.1. The number of aromatic nitrogens is 1. The van der Waals surface area contributed by atoms with Crippen LogP contribution in [0.1, 0.15) is 12.5 Å². The number of hydrogen-bond donors (Lipinski definition) is 0. The van der Waals surface area contributed by atoms with Crippen molar-refractivity contribution in [1.29, 1.82) is 0 Å². The van der Waals surface area contributed by atoms with Crippen LogP contribution in [0.2, 0.25) is 5.02 Å². The molecule has 0 N–H and O–H groups in total. The highest BCUT2D eigenvalue weighted by Gasteiger charge is 2.33. The third-order valence-corrected chi connectivity index (χ3v) is 5.36. The van der Waals surface area contributed by atoms with E-state index >= 15 is 0 Å². The van der Waals surface area contributed by atoms with Gasteiger partial charge in [-0.3, -0.25) is 9.69 Å². The van der Waals surface area contributed by atoms with E-state index in [0.29, 0.717) is 23.1 Å². The molecule has 2 aromatic carbocycles. The smallest absolute Gasteiger partial charge is 0.270 e. The van der Waals surface area contributed by atoms with Gasteiger partial charge in [0.1, 0.15) is 5.75 Å². The van der Waals surface area contributed by atoms with Crippen molar-refractivity contribution in [3.8, 4) is 5.75 Å². The van der Waals surface area contributed by atoms with E-state index in [0.717, 1.165) is 21.5 Å². The molecule has 0 fully saturated rings. The molecule has 0 saturated carbocycles. The van der Waals surface area contributed by atoms with Gasteiger partial charge in [0.25, 0.3) is 5.91 Å². The lowest BCUT2D eigenvalue weighted by Gasteiger charge is -2.21. The Bertz CT molecular complexity index is 891. The van der Waals surface area contributed by atoms with Gasteiger partial charge < -0.3 is 4.74 Å². The van der Waals surface area contributed by atoms with Crippen molar-refractivity contribution in [2.75, 3.05) is 11.4 Å². The number of likely N-dealkylation sites (N-methyl/N-ethyl adjacent to an activating group) is 1. The van der Waals surface area contributed by atoms with E-state index < -0.39 is 6.10 Å². The van der Waals surface area contributed by atoms with E-state index in [1.807, 2.05) is 43.3 Å². The number of thiazole rings is 1. The summed E-state index contributed by atoms with van der Waals surface area (Å²) in [5.41, 5.74) is 1.88. The lowest BCUT2D eigenvalue weighted by Crippen LogP contribution is -2.41. The summed E-state index contributed by atoms with van der Waals surface area (Å²) in [6, 6.07) is 13.3. The number of fused-ring (bicyclic) bond motifs is 2. The molecule has 3 aromatic rings. The second kappa shape index (κ2) is 6.07. The minimum Gasteiger partial charge on any atom is -0.480 e. The van der Waals surface area contributed by atoms with Gasteiger partial charge in [-0.25, -0.2) is 4.98 Å². The zero-order valence-electron chi connectivity index (χ0n) is 13.0. The molecule has 1 atom stereocenters. The van der Waals surface area contributed by atoms with Crippen LogP contribution in [0.25, 0.3) is 10.2 Å². The number of halogens is 1. The number of hydrogen-bond acceptors (Lipinski definition) is 4. The van der Waals surface area contributed by atoms with Gasteiger partial charge >= 0.3 is 0 Å². The number of amides is 1. The van der Waals surface area contributed by atoms with Crippen LogP contribution in [0.15, 0.2) is 42.5 Å². The molecule has 0 bridgehead atoms. The predicted octanol–water partition coefficient (Wildman–Crippen LogP) is 4.31.